The molecule has 29 heavy (non-hydrogen) atoms. The minimum atomic E-state index is -4.42. The van der Waals surface area contributed by atoms with Crippen LogP contribution in [0.1, 0.15) is 36.2 Å². The number of aryl methyl sites for hydroxylation is 1. The Morgan fingerprint density at radius 1 is 1.10 bits per heavy atom. The Balaban J connectivity index is 0.00000240. The number of hydrogen-bond donors (Lipinski definition) is 0. The molecule has 1 aliphatic heterocycles. The fourth-order valence-electron chi connectivity index (χ4n) is 3.94. The average molecular weight is 426 g/mol. The molecule has 1 aliphatic rings. The van der Waals surface area contributed by atoms with Crippen molar-refractivity contribution in [3.63, 3.8) is 0 Å². The van der Waals surface area contributed by atoms with E-state index in [1.54, 1.807) is 12.1 Å². The maximum absolute atomic E-state index is 13.3. The third-order valence-electron chi connectivity index (χ3n) is 5.25. The number of aromatic nitrogens is 2. The highest BCUT2D eigenvalue weighted by molar-refractivity contribution is 5.74. The van der Waals surface area contributed by atoms with Gasteiger partial charge in [0.05, 0.1) is 17.0 Å². The zero-order valence-electron chi connectivity index (χ0n) is 15.5. The number of nitrogens with zero attached hydrogens (tertiary/aromatic N) is 3. The molecule has 0 saturated carbocycles. The Labute approximate surface area is 171 Å². The summed E-state index contributed by atoms with van der Waals surface area (Å²) in [5.41, 5.74) is 1.27. The van der Waals surface area contributed by atoms with Crippen LogP contribution >= 0.6 is 0 Å². The Hall–Kier alpha value is -2.61. The van der Waals surface area contributed by atoms with E-state index in [1.807, 2.05) is 4.57 Å². The fraction of sp³-hybridized carbons (Fsp3) is 0.350. The number of hydrogen-bond acceptors (Lipinski definition) is 2. The first-order chi connectivity index (χ1) is 13.3. The lowest BCUT2D eigenvalue weighted by molar-refractivity contribution is -0.678. The maximum atomic E-state index is 13.3. The van der Waals surface area contributed by atoms with E-state index in [0.29, 0.717) is 17.6 Å². The highest BCUT2D eigenvalue weighted by Gasteiger charge is 2.34. The molecule has 1 aromatic heterocycles. The highest BCUT2D eigenvalue weighted by atomic mass is 35.5. The van der Waals surface area contributed by atoms with Crippen molar-refractivity contribution in [2.24, 2.45) is 0 Å². The van der Waals surface area contributed by atoms with Crippen molar-refractivity contribution in [2.75, 3.05) is 0 Å². The molecule has 0 atom stereocenters. The van der Waals surface area contributed by atoms with E-state index in [9.17, 15) is 23.3 Å². The largest absolute Gasteiger partial charge is 1.00 e. The van der Waals surface area contributed by atoms with Crippen molar-refractivity contribution in [3.8, 4) is 0 Å². The standard InChI is InChI=1S/C20H19F3N3O2.ClH/c21-20(22,23)15-8-9-17-18(12-15)25(19-7-2-1-3-10-24(17)19)13-14-5-4-6-16(11-14)26(27)28;/h4-6,8-9,11-12H,1-3,7,10,13H2;1H/q+1;/p-1. The number of rotatable bonds is 3. The molecule has 154 valence electrons. The number of benzene rings is 2. The first-order valence-electron chi connectivity index (χ1n) is 9.20. The third kappa shape index (κ3) is 4.07. The van der Waals surface area contributed by atoms with Crippen LogP contribution in [0.2, 0.25) is 0 Å². The molecule has 9 heteroatoms. The topological polar surface area (TPSA) is 52.0 Å². The number of alkyl halides is 3. The van der Waals surface area contributed by atoms with Gasteiger partial charge in [0.15, 0.2) is 11.0 Å². The molecular weight excluding hydrogens is 407 g/mol. The number of imidazole rings is 1. The van der Waals surface area contributed by atoms with Crippen molar-refractivity contribution >= 4 is 16.7 Å². The smallest absolute Gasteiger partial charge is 0.416 e. The van der Waals surface area contributed by atoms with Crippen LogP contribution in [0.3, 0.4) is 0 Å². The van der Waals surface area contributed by atoms with Crippen LogP contribution in [-0.4, -0.2) is 9.49 Å². The van der Waals surface area contributed by atoms with Gasteiger partial charge in [-0.25, -0.2) is 9.13 Å². The number of nitro benzene ring substituents is 1. The molecule has 0 amide bonds. The molecule has 0 spiro atoms. The van der Waals surface area contributed by atoms with Crippen molar-refractivity contribution in [1.82, 2.24) is 4.57 Å². The Bertz CT molecular complexity index is 1060. The molecule has 5 nitrogen and oxygen atoms in total. The van der Waals surface area contributed by atoms with E-state index in [1.165, 1.54) is 24.3 Å². The Morgan fingerprint density at radius 2 is 1.90 bits per heavy atom. The van der Waals surface area contributed by atoms with E-state index in [0.717, 1.165) is 49.6 Å². The number of non-ortho nitro benzene ring substituents is 1. The van der Waals surface area contributed by atoms with Gasteiger partial charge in [0, 0.05) is 30.2 Å². The van der Waals surface area contributed by atoms with Gasteiger partial charge in [0.2, 0.25) is 0 Å². The molecular formula is C20H19ClF3N3O2. The van der Waals surface area contributed by atoms with Gasteiger partial charge >= 0.3 is 6.18 Å². The molecule has 3 aromatic rings. The minimum absolute atomic E-state index is 0. The summed E-state index contributed by atoms with van der Waals surface area (Å²) in [4.78, 5) is 10.6. The van der Waals surface area contributed by atoms with Gasteiger partial charge < -0.3 is 12.4 Å². The molecule has 2 heterocycles. The van der Waals surface area contributed by atoms with Gasteiger partial charge in [-0.1, -0.05) is 12.1 Å². The van der Waals surface area contributed by atoms with Crippen LogP contribution in [0.25, 0.3) is 11.0 Å². The molecule has 0 unspecified atom stereocenters. The van der Waals surface area contributed by atoms with Gasteiger partial charge in [-0.05, 0) is 31.4 Å². The van der Waals surface area contributed by atoms with Crippen LogP contribution in [0, 0.1) is 10.1 Å². The number of fused-ring (bicyclic) bond motifs is 3. The lowest BCUT2D eigenvalue weighted by atomic mass is 10.1. The number of nitro groups is 1. The van der Waals surface area contributed by atoms with E-state index in [4.69, 9.17) is 0 Å². The minimum Gasteiger partial charge on any atom is -1.00 e. The second-order valence-corrected chi connectivity index (χ2v) is 7.09. The highest BCUT2D eigenvalue weighted by Crippen LogP contribution is 2.32. The summed E-state index contributed by atoms with van der Waals surface area (Å²) in [5, 5.41) is 11.1. The van der Waals surface area contributed by atoms with Crippen LogP contribution in [0.5, 0.6) is 0 Å². The van der Waals surface area contributed by atoms with Crippen LogP contribution in [0.15, 0.2) is 42.5 Å². The first-order valence-corrected chi connectivity index (χ1v) is 9.20. The van der Waals surface area contributed by atoms with Crippen LogP contribution in [0.4, 0.5) is 18.9 Å². The second kappa shape index (κ2) is 8.02. The van der Waals surface area contributed by atoms with Gasteiger partial charge in [0.1, 0.15) is 6.54 Å². The first kappa shape index (κ1) is 21.1. The third-order valence-corrected chi connectivity index (χ3v) is 5.25. The van der Waals surface area contributed by atoms with Crippen LogP contribution in [-0.2, 0) is 25.7 Å². The average Bonchev–Trinajstić information content (AvgIpc) is 2.81. The Morgan fingerprint density at radius 3 is 2.62 bits per heavy atom. The Kier molecular flexibility index (Phi) is 5.84. The SMILES string of the molecule is O=[N+]([O-])c1cccc(Cn2c3[n+](c4ccc(C(F)(F)F)cc42)CCCCC3)c1.[Cl-]. The van der Waals surface area contributed by atoms with Gasteiger partial charge in [-0.15, -0.1) is 0 Å². The predicted molar refractivity (Wildman–Crippen MR) is 96.9 cm³/mol. The summed E-state index contributed by atoms with van der Waals surface area (Å²) in [7, 11) is 0. The quantitative estimate of drug-likeness (QED) is 0.364. The van der Waals surface area contributed by atoms with Crippen molar-refractivity contribution in [1.29, 1.82) is 0 Å². The normalized spacial score (nSPS) is 14.2. The van der Waals surface area contributed by atoms with E-state index in [2.05, 4.69) is 4.57 Å². The molecule has 2 aromatic carbocycles. The molecule has 0 radical (unpaired) electrons. The summed E-state index contributed by atoms with van der Waals surface area (Å²) >= 11 is 0. The van der Waals surface area contributed by atoms with Gasteiger partial charge in [-0.3, -0.25) is 10.1 Å². The zero-order chi connectivity index (χ0) is 19.9. The zero-order valence-corrected chi connectivity index (χ0v) is 16.2. The van der Waals surface area contributed by atoms with E-state index < -0.39 is 16.7 Å². The molecule has 0 aliphatic carbocycles. The van der Waals surface area contributed by atoms with Gasteiger partial charge in [-0.2, -0.15) is 13.2 Å². The van der Waals surface area contributed by atoms with E-state index >= 15 is 0 Å². The van der Waals surface area contributed by atoms with Crippen molar-refractivity contribution in [3.05, 3.63) is 69.5 Å². The molecule has 0 N–H and O–H groups in total. The lowest BCUT2D eigenvalue weighted by Crippen LogP contribution is -3.00. The fourth-order valence-corrected chi connectivity index (χ4v) is 3.94. The summed E-state index contributed by atoms with van der Waals surface area (Å²) in [6.07, 6.45) is -0.630. The summed E-state index contributed by atoms with van der Waals surface area (Å²) < 4.78 is 43.8. The summed E-state index contributed by atoms with van der Waals surface area (Å²) in [6.45, 7) is 1.06. The summed E-state index contributed by atoms with van der Waals surface area (Å²) in [6, 6.07) is 10.1. The monoisotopic (exact) mass is 425 g/mol. The molecule has 4 rings (SSSR count). The number of halogens is 4. The van der Waals surface area contributed by atoms with Crippen LogP contribution < -0.4 is 17.0 Å². The lowest BCUT2D eigenvalue weighted by Gasteiger charge is -2.06. The predicted octanol–water partition coefficient (Wildman–Crippen LogP) is 1.63. The molecule has 0 fully saturated rings. The summed E-state index contributed by atoms with van der Waals surface area (Å²) in [5.74, 6) is 0.971. The van der Waals surface area contributed by atoms with Crippen molar-refractivity contribution < 1.29 is 35.1 Å². The van der Waals surface area contributed by atoms with E-state index in [-0.39, 0.29) is 18.1 Å². The molecule has 0 bridgehead atoms. The second-order valence-electron chi connectivity index (χ2n) is 7.09. The molecule has 0 saturated heterocycles. The van der Waals surface area contributed by atoms with Crippen molar-refractivity contribution in [2.45, 2.75) is 44.9 Å². The van der Waals surface area contributed by atoms with Gasteiger partial charge in [0.25, 0.3) is 11.5 Å². The maximum Gasteiger partial charge on any atom is 0.416 e.